The quantitative estimate of drug-likeness (QED) is 0.850. The minimum atomic E-state index is -0.129. The average Bonchev–Trinajstić information content (AvgIpc) is 3.04. The van der Waals surface area contributed by atoms with E-state index in [1.807, 2.05) is 13.0 Å². The van der Waals surface area contributed by atoms with E-state index in [2.05, 4.69) is 32.3 Å². The van der Waals surface area contributed by atoms with Gasteiger partial charge >= 0.3 is 0 Å². The van der Waals surface area contributed by atoms with E-state index in [0.717, 1.165) is 39.9 Å². The summed E-state index contributed by atoms with van der Waals surface area (Å²) in [7, 11) is 0. The van der Waals surface area contributed by atoms with Crippen molar-refractivity contribution in [2.24, 2.45) is 0 Å². The van der Waals surface area contributed by atoms with E-state index in [9.17, 15) is 9.59 Å². The highest BCUT2D eigenvalue weighted by molar-refractivity contribution is 9.11. The first kappa shape index (κ1) is 15.5. The maximum atomic E-state index is 12.3. The van der Waals surface area contributed by atoms with Crippen LogP contribution in [0.4, 0.5) is 0 Å². The Balaban J connectivity index is 1.66. The molecule has 0 saturated carbocycles. The first-order chi connectivity index (χ1) is 10.6. The van der Waals surface area contributed by atoms with E-state index in [-0.39, 0.29) is 11.7 Å². The molecule has 0 spiro atoms. The molecule has 0 atom stereocenters. The van der Waals surface area contributed by atoms with E-state index in [4.69, 9.17) is 0 Å². The van der Waals surface area contributed by atoms with Gasteiger partial charge in [0.15, 0.2) is 5.78 Å². The molecule has 2 aromatic heterocycles. The number of hydrogen-bond acceptors (Lipinski definition) is 3. The molecule has 3 rings (SSSR count). The number of carbonyl (C=O) groups is 2. The number of aryl methyl sites for hydroxylation is 1. The van der Waals surface area contributed by atoms with Crippen LogP contribution in [0.2, 0.25) is 0 Å². The zero-order valence-electron chi connectivity index (χ0n) is 12.3. The number of rotatable bonds is 4. The molecule has 0 radical (unpaired) electrons. The van der Waals surface area contributed by atoms with Crippen molar-refractivity contribution in [3.63, 3.8) is 0 Å². The van der Waals surface area contributed by atoms with Crippen LogP contribution in [0.5, 0.6) is 0 Å². The maximum absolute atomic E-state index is 12.3. The normalized spacial score (nSPS) is 14.0. The Morgan fingerprint density at radius 1 is 1.41 bits per heavy atom. The molecule has 0 aromatic carbocycles. The molecule has 1 aliphatic carbocycles. The van der Waals surface area contributed by atoms with Crippen LogP contribution in [0.3, 0.4) is 0 Å². The van der Waals surface area contributed by atoms with Crippen molar-refractivity contribution >= 4 is 39.0 Å². The molecule has 2 N–H and O–H groups in total. The number of amides is 1. The SMILES string of the molecule is Cc1c(C(=O)NCCc2ccc(Br)s2)[nH]c2c1C(=O)CCC2. The standard InChI is InChI=1S/C16H17BrN2O2S/c1-9-14-11(3-2-4-12(14)20)19-15(9)16(21)18-8-7-10-5-6-13(17)22-10/h5-6,19H,2-4,7-8H2,1H3,(H,18,21). The molecule has 22 heavy (non-hydrogen) atoms. The molecule has 0 unspecified atom stereocenters. The molecule has 1 aliphatic rings. The summed E-state index contributed by atoms with van der Waals surface area (Å²) in [5.41, 5.74) is 2.98. The lowest BCUT2D eigenvalue weighted by atomic mass is 9.94. The second-order valence-corrected chi connectivity index (χ2v) is 8.01. The third-order valence-electron chi connectivity index (χ3n) is 3.95. The van der Waals surface area contributed by atoms with Gasteiger partial charge in [0, 0.05) is 29.1 Å². The van der Waals surface area contributed by atoms with Crippen LogP contribution in [0.15, 0.2) is 15.9 Å². The van der Waals surface area contributed by atoms with Crippen molar-refractivity contribution in [2.75, 3.05) is 6.54 Å². The average molecular weight is 381 g/mol. The highest BCUT2D eigenvalue weighted by Gasteiger charge is 2.26. The molecule has 2 aromatic rings. The van der Waals surface area contributed by atoms with Gasteiger partial charge in [0.25, 0.3) is 5.91 Å². The van der Waals surface area contributed by atoms with E-state index in [1.165, 1.54) is 4.88 Å². The van der Waals surface area contributed by atoms with Crippen LogP contribution in [-0.4, -0.2) is 23.2 Å². The molecule has 0 saturated heterocycles. The Kier molecular flexibility index (Phi) is 4.49. The Labute approximate surface area is 141 Å². The maximum Gasteiger partial charge on any atom is 0.268 e. The number of Topliss-reactive ketones (excluding diaryl/α,β-unsaturated/α-hetero) is 1. The fraction of sp³-hybridized carbons (Fsp3) is 0.375. The second-order valence-electron chi connectivity index (χ2n) is 5.47. The Morgan fingerprint density at radius 2 is 2.23 bits per heavy atom. The van der Waals surface area contributed by atoms with Crippen LogP contribution < -0.4 is 5.32 Å². The van der Waals surface area contributed by atoms with Crippen molar-refractivity contribution < 1.29 is 9.59 Å². The fourth-order valence-electron chi connectivity index (χ4n) is 2.87. The van der Waals surface area contributed by atoms with Crippen LogP contribution in [0.25, 0.3) is 0 Å². The van der Waals surface area contributed by atoms with Crippen molar-refractivity contribution in [2.45, 2.75) is 32.6 Å². The molecule has 6 heteroatoms. The lowest BCUT2D eigenvalue weighted by Crippen LogP contribution is -2.26. The molecule has 4 nitrogen and oxygen atoms in total. The largest absolute Gasteiger partial charge is 0.354 e. The highest BCUT2D eigenvalue weighted by Crippen LogP contribution is 2.26. The Hall–Kier alpha value is -1.40. The van der Waals surface area contributed by atoms with Gasteiger partial charge in [-0.2, -0.15) is 0 Å². The zero-order valence-corrected chi connectivity index (χ0v) is 14.7. The van der Waals surface area contributed by atoms with Gasteiger partial charge in [-0.1, -0.05) is 0 Å². The van der Waals surface area contributed by atoms with E-state index in [0.29, 0.717) is 18.7 Å². The lowest BCUT2D eigenvalue weighted by Gasteiger charge is -2.09. The third kappa shape index (κ3) is 3.03. The van der Waals surface area contributed by atoms with E-state index >= 15 is 0 Å². The van der Waals surface area contributed by atoms with Crippen molar-refractivity contribution in [1.82, 2.24) is 10.3 Å². The summed E-state index contributed by atoms with van der Waals surface area (Å²) in [6.07, 6.45) is 3.10. The molecular weight excluding hydrogens is 364 g/mol. The smallest absolute Gasteiger partial charge is 0.268 e. The van der Waals surface area contributed by atoms with Gasteiger partial charge in [-0.25, -0.2) is 0 Å². The summed E-state index contributed by atoms with van der Waals surface area (Å²) in [6, 6.07) is 4.06. The minimum Gasteiger partial charge on any atom is -0.354 e. The molecule has 116 valence electrons. The number of fused-ring (bicyclic) bond motifs is 1. The number of thiophene rings is 1. The van der Waals surface area contributed by atoms with Gasteiger partial charge in [-0.15, -0.1) is 11.3 Å². The summed E-state index contributed by atoms with van der Waals surface area (Å²) >= 11 is 5.11. The first-order valence-electron chi connectivity index (χ1n) is 7.33. The fourth-order valence-corrected chi connectivity index (χ4v) is 4.36. The van der Waals surface area contributed by atoms with E-state index in [1.54, 1.807) is 11.3 Å². The van der Waals surface area contributed by atoms with Gasteiger partial charge < -0.3 is 10.3 Å². The van der Waals surface area contributed by atoms with Gasteiger partial charge in [-0.05, 0) is 59.8 Å². The first-order valence-corrected chi connectivity index (χ1v) is 8.94. The number of ketones is 1. The molecule has 1 amide bonds. The predicted molar refractivity (Wildman–Crippen MR) is 90.9 cm³/mol. The number of aromatic amines is 1. The Morgan fingerprint density at radius 3 is 2.91 bits per heavy atom. The predicted octanol–water partition coefficient (Wildman–Crippen LogP) is 3.64. The van der Waals surface area contributed by atoms with Crippen LogP contribution in [-0.2, 0) is 12.8 Å². The second kappa shape index (κ2) is 6.38. The number of aromatic nitrogens is 1. The molecular formula is C16H17BrN2O2S. The zero-order chi connectivity index (χ0) is 15.7. The summed E-state index contributed by atoms with van der Waals surface area (Å²) in [4.78, 5) is 28.7. The summed E-state index contributed by atoms with van der Waals surface area (Å²) in [5.74, 6) is 0.0211. The lowest BCUT2D eigenvalue weighted by molar-refractivity contribution is 0.0948. The highest BCUT2D eigenvalue weighted by atomic mass is 79.9. The van der Waals surface area contributed by atoms with Gasteiger partial charge in [0.2, 0.25) is 0 Å². The summed E-state index contributed by atoms with van der Waals surface area (Å²) in [5, 5.41) is 2.93. The summed E-state index contributed by atoms with van der Waals surface area (Å²) < 4.78 is 1.10. The van der Waals surface area contributed by atoms with E-state index < -0.39 is 0 Å². The van der Waals surface area contributed by atoms with Crippen molar-refractivity contribution in [3.05, 3.63) is 43.3 Å². The summed E-state index contributed by atoms with van der Waals surface area (Å²) in [6.45, 7) is 2.44. The van der Waals surface area contributed by atoms with Crippen molar-refractivity contribution in [1.29, 1.82) is 0 Å². The molecule has 0 fully saturated rings. The Bertz CT molecular complexity index is 733. The van der Waals surface area contributed by atoms with Gasteiger partial charge in [0.05, 0.1) is 3.79 Å². The van der Waals surface area contributed by atoms with Crippen molar-refractivity contribution in [3.8, 4) is 0 Å². The molecule has 2 heterocycles. The van der Waals surface area contributed by atoms with Crippen LogP contribution >= 0.6 is 27.3 Å². The minimum absolute atomic E-state index is 0.129. The number of hydrogen-bond donors (Lipinski definition) is 2. The third-order valence-corrected chi connectivity index (χ3v) is 5.63. The number of halogens is 1. The van der Waals surface area contributed by atoms with Gasteiger partial charge in [-0.3, -0.25) is 9.59 Å². The molecule has 0 aliphatic heterocycles. The number of carbonyl (C=O) groups excluding carboxylic acids is 2. The monoisotopic (exact) mass is 380 g/mol. The molecule has 0 bridgehead atoms. The number of H-pyrrole nitrogens is 1. The van der Waals surface area contributed by atoms with Gasteiger partial charge in [0.1, 0.15) is 5.69 Å². The van der Waals surface area contributed by atoms with Crippen LogP contribution in [0.1, 0.15) is 49.8 Å². The topological polar surface area (TPSA) is 62.0 Å². The van der Waals surface area contributed by atoms with Crippen LogP contribution in [0, 0.1) is 6.92 Å². The number of nitrogens with one attached hydrogen (secondary N) is 2.